The third-order valence-electron chi connectivity index (χ3n) is 7.26. The lowest BCUT2D eigenvalue weighted by molar-refractivity contribution is -0.158. The normalized spacial score (nSPS) is 20.7. The molecule has 1 saturated carbocycles. The maximum absolute atomic E-state index is 13.8. The summed E-state index contributed by atoms with van der Waals surface area (Å²) in [5.74, 6) is -4.22. The van der Waals surface area contributed by atoms with Crippen molar-refractivity contribution in [2.45, 2.75) is 18.8 Å². The van der Waals surface area contributed by atoms with E-state index in [2.05, 4.69) is 0 Å². The van der Waals surface area contributed by atoms with Crippen LogP contribution in [-0.2, 0) is 9.59 Å². The van der Waals surface area contributed by atoms with Crippen molar-refractivity contribution in [1.82, 2.24) is 0 Å². The molecule has 0 aromatic heterocycles. The topological polar surface area (TPSA) is 113 Å². The molecule has 0 bridgehead atoms. The molecule has 0 saturated heterocycles. The van der Waals surface area contributed by atoms with Crippen LogP contribution in [0.15, 0.2) is 78.9 Å². The highest BCUT2D eigenvalue weighted by Crippen LogP contribution is 2.59. The number of esters is 1. The van der Waals surface area contributed by atoms with Crippen molar-refractivity contribution in [2.75, 3.05) is 7.11 Å². The van der Waals surface area contributed by atoms with Gasteiger partial charge in [0.1, 0.15) is 11.5 Å². The van der Waals surface area contributed by atoms with Crippen LogP contribution in [0.25, 0.3) is 10.8 Å². The molecule has 4 atom stereocenters. The smallest absolute Gasteiger partial charge is 0.315 e. The summed E-state index contributed by atoms with van der Waals surface area (Å²) in [5, 5.41) is 32.0. The lowest BCUT2D eigenvalue weighted by atomic mass is 9.52. The average molecular weight is 499 g/mol. The van der Waals surface area contributed by atoms with E-state index < -0.39 is 35.6 Å². The van der Waals surface area contributed by atoms with Crippen molar-refractivity contribution < 1.29 is 34.4 Å². The Morgan fingerprint density at radius 1 is 0.757 bits per heavy atom. The van der Waals surface area contributed by atoms with Crippen molar-refractivity contribution in [1.29, 1.82) is 0 Å². The molecule has 5 rings (SSSR count). The monoisotopic (exact) mass is 498 g/mol. The quantitative estimate of drug-likeness (QED) is 0.242. The van der Waals surface area contributed by atoms with Crippen LogP contribution in [0, 0.1) is 18.8 Å². The molecular weight excluding hydrogens is 472 g/mol. The summed E-state index contributed by atoms with van der Waals surface area (Å²) in [6.45, 7) is 1.72. The van der Waals surface area contributed by atoms with Crippen molar-refractivity contribution in [2.24, 2.45) is 11.8 Å². The number of carboxylic acid groups (broad SMARTS) is 1. The lowest BCUT2D eigenvalue weighted by Crippen LogP contribution is -2.52. The highest BCUT2D eigenvalue weighted by atomic mass is 16.5. The van der Waals surface area contributed by atoms with Crippen molar-refractivity contribution in [3.8, 4) is 23.0 Å². The Bertz CT molecular complexity index is 1500. The Labute approximate surface area is 213 Å². The van der Waals surface area contributed by atoms with Crippen LogP contribution < -0.4 is 9.47 Å². The van der Waals surface area contributed by atoms with E-state index in [-0.39, 0.29) is 17.2 Å². The minimum absolute atomic E-state index is 0.0851. The number of fused-ring (bicyclic) bond motifs is 1. The number of aryl methyl sites for hydroxylation is 1. The van der Waals surface area contributed by atoms with E-state index in [4.69, 9.17) is 9.47 Å². The fourth-order valence-corrected chi connectivity index (χ4v) is 5.43. The average Bonchev–Trinajstić information content (AvgIpc) is 2.86. The van der Waals surface area contributed by atoms with E-state index in [0.29, 0.717) is 22.4 Å². The molecule has 1 aliphatic carbocycles. The van der Waals surface area contributed by atoms with Crippen LogP contribution in [-0.4, -0.2) is 34.4 Å². The zero-order valence-electron chi connectivity index (χ0n) is 20.3. The highest BCUT2D eigenvalue weighted by molar-refractivity contribution is 5.92. The Hall–Kier alpha value is -4.52. The van der Waals surface area contributed by atoms with Gasteiger partial charge in [-0.3, -0.25) is 9.59 Å². The fourth-order valence-electron chi connectivity index (χ4n) is 5.43. The number of phenols is 2. The number of benzene rings is 4. The largest absolute Gasteiger partial charge is 0.508 e. The Morgan fingerprint density at radius 3 is 2.08 bits per heavy atom. The van der Waals surface area contributed by atoms with Gasteiger partial charge in [0.25, 0.3) is 0 Å². The molecule has 0 spiro atoms. The van der Waals surface area contributed by atoms with Crippen LogP contribution in [0.3, 0.4) is 0 Å². The number of ether oxygens (including phenoxy) is 2. The molecule has 0 radical (unpaired) electrons. The summed E-state index contributed by atoms with van der Waals surface area (Å²) in [6.07, 6.45) is 0. The number of methoxy groups -OCH3 is 1. The van der Waals surface area contributed by atoms with E-state index in [1.807, 2.05) is 30.3 Å². The number of hydrogen-bond acceptors (Lipinski definition) is 6. The Morgan fingerprint density at radius 2 is 1.41 bits per heavy atom. The predicted molar refractivity (Wildman–Crippen MR) is 137 cm³/mol. The number of rotatable bonds is 6. The lowest BCUT2D eigenvalue weighted by Gasteiger charge is -2.49. The molecule has 0 heterocycles. The van der Waals surface area contributed by atoms with E-state index in [1.54, 1.807) is 43.3 Å². The number of carbonyl (C=O) groups is 2. The molecular formula is C30H26O7. The van der Waals surface area contributed by atoms with Crippen LogP contribution in [0.4, 0.5) is 0 Å². The summed E-state index contributed by atoms with van der Waals surface area (Å²) in [4.78, 5) is 26.3. The van der Waals surface area contributed by atoms with Gasteiger partial charge in [0.15, 0.2) is 11.5 Å². The third kappa shape index (κ3) is 4.22. The first-order valence-electron chi connectivity index (χ1n) is 11.9. The molecule has 0 aliphatic heterocycles. The van der Waals surface area contributed by atoms with Crippen LogP contribution >= 0.6 is 0 Å². The van der Waals surface area contributed by atoms with E-state index in [1.165, 1.54) is 19.2 Å². The molecule has 188 valence electrons. The number of phenolic OH excluding ortho intramolecular Hbond substituents is 2. The van der Waals surface area contributed by atoms with Crippen molar-refractivity contribution in [3.63, 3.8) is 0 Å². The van der Waals surface area contributed by atoms with Crippen LogP contribution in [0.2, 0.25) is 0 Å². The first kappa shape index (κ1) is 24.2. The Kier molecular flexibility index (Phi) is 6.21. The van der Waals surface area contributed by atoms with Gasteiger partial charge < -0.3 is 24.8 Å². The fraction of sp³-hybridized carbons (Fsp3) is 0.200. The maximum Gasteiger partial charge on any atom is 0.315 e. The van der Waals surface area contributed by atoms with E-state index >= 15 is 0 Å². The second kappa shape index (κ2) is 9.50. The molecule has 7 heteroatoms. The molecule has 4 aromatic rings. The van der Waals surface area contributed by atoms with Gasteiger partial charge in [-0.2, -0.15) is 0 Å². The van der Waals surface area contributed by atoms with Gasteiger partial charge >= 0.3 is 11.9 Å². The van der Waals surface area contributed by atoms with Gasteiger partial charge in [-0.25, -0.2) is 0 Å². The van der Waals surface area contributed by atoms with Crippen LogP contribution in [0.1, 0.15) is 28.5 Å². The second-order valence-electron chi connectivity index (χ2n) is 9.32. The first-order chi connectivity index (χ1) is 17.8. The first-order valence-corrected chi connectivity index (χ1v) is 11.9. The number of hydrogen-bond donors (Lipinski definition) is 3. The molecule has 3 N–H and O–H groups in total. The summed E-state index contributed by atoms with van der Waals surface area (Å²) >= 11 is 0. The second-order valence-corrected chi connectivity index (χ2v) is 9.32. The van der Waals surface area contributed by atoms with Gasteiger partial charge in [0.05, 0.1) is 18.9 Å². The van der Waals surface area contributed by atoms with Crippen molar-refractivity contribution in [3.05, 3.63) is 95.6 Å². The van der Waals surface area contributed by atoms with Gasteiger partial charge in [0.2, 0.25) is 0 Å². The summed E-state index contributed by atoms with van der Waals surface area (Å²) in [6, 6.07) is 22.4. The number of aliphatic carboxylic acids is 1. The van der Waals surface area contributed by atoms with Crippen molar-refractivity contribution >= 4 is 22.7 Å². The van der Waals surface area contributed by atoms with E-state index in [9.17, 15) is 24.9 Å². The molecule has 1 aliphatic rings. The van der Waals surface area contributed by atoms with Crippen LogP contribution in [0.5, 0.6) is 23.0 Å². The summed E-state index contributed by atoms with van der Waals surface area (Å²) < 4.78 is 11.2. The zero-order chi connectivity index (χ0) is 26.3. The number of carbonyl (C=O) groups excluding carboxylic acids is 1. The van der Waals surface area contributed by atoms with Gasteiger partial charge in [-0.1, -0.05) is 54.6 Å². The highest BCUT2D eigenvalue weighted by Gasteiger charge is 2.59. The maximum atomic E-state index is 13.8. The molecule has 37 heavy (non-hydrogen) atoms. The number of aromatic hydroxyl groups is 2. The molecule has 1 fully saturated rings. The summed E-state index contributed by atoms with van der Waals surface area (Å²) in [5.41, 5.74) is 1.76. The summed E-state index contributed by atoms with van der Waals surface area (Å²) in [7, 11) is 1.41. The predicted octanol–water partition coefficient (Wildman–Crippen LogP) is 5.37. The zero-order valence-corrected chi connectivity index (χ0v) is 20.3. The SMILES string of the molecule is COc1cc([C@@H]2[C@@H](C(=O)O)[C@@H](c3ccc(O)c(C)c3)[C@@H]2C(=O)Oc2cccc3ccccc23)ccc1O. The third-order valence-corrected chi connectivity index (χ3v) is 7.26. The minimum atomic E-state index is -1.05. The standard InChI is InChI=1S/C30H26O7/c1-16-14-18(10-12-21(16)31)25-27(29(33)34)26(19-11-13-22(32)24(15-19)36-2)28(25)30(35)37-23-9-5-7-17-6-3-4-8-20(17)23/h3-15,25-28,31-32H,1-2H3,(H,33,34)/t25-,26-,27+,28+/m1/s1. The van der Waals surface area contributed by atoms with Gasteiger partial charge in [-0.05, 0) is 53.3 Å². The van der Waals surface area contributed by atoms with Gasteiger partial charge in [-0.15, -0.1) is 0 Å². The Balaban J connectivity index is 1.60. The molecule has 7 nitrogen and oxygen atoms in total. The molecule has 0 amide bonds. The molecule has 0 unspecified atom stereocenters. The minimum Gasteiger partial charge on any atom is -0.508 e. The number of carboxylic acids is 1. The molecule has 4 aromatic carbocycles. The van der Waals surface area contributed by atoms with E-state index in [0.717, 1.165) is 10.8 Å². The van der Waals surface area contributed by atoms with Gasteiger partial charge in [0, 0.05) is 17.2 Å².